The van der Waals surface area contributed by atoms with E-state index < -0.39 is 10.0 Å². The smallest absolute Gasteiger partial charge is 0.229 e. The Morgan fingerprint density at radius 3 is 2.69 bits per heavy atom. The molecule has 1 N–H and O–H groups in total. The Balaban J connectivity index is 3.08. The third kappa shape index (κ3) is 3.47. The van der Waals surface area contributed by atoms with Crippen LogP contribution in [0.2, 0.25) is 0 Å². The molecule has 0 aliphatic carbocycles. The molecule has 0 unspecified atom stereocenters. The van der Waals surface area contributed by atoms with Gasteiger partial charge in [-0.1, -0.05) is 0 Å². The zero-order chi connectivity index (χ0) is 10.1. The van der Waals surface area contributed by atoms with Crippen molar-refractivity contribution in [3.63, 3.8) is 0 Å². The van der Waals surface area contributed by atoms with E-state index in [9.17, 15) is 8.42 Å². The van der Waals surface area contributed by atoms with Crippen LogP contribution in [0.4, 0.5) is 5.69 Å². The molecule has 0 aromatic carbocycles. The lowest BCUT2D eigenvalue weighted by Crippen LogP contribution is -2.11. The molecule has 0 saturated carbocycles. The summed E-state index contributed by atoms with van der Waals surface area (Å²) in [5.74, 6) is 0. The van der Waals surface area contributed by atoms with Crippen molar-refractivity contribution >= 4 is 38.3 Å². The van der Waals surface area contributed by atoms with E-state index >= 15 is 0 Å². The van der Waals surface area contributed by atoms with Crippen molar-refractivity contribution in [3.8, 4) is 0 Å². The molecule has 0 fully saturated rings. The van der Waals surface area contributed by atoms with Gasteiger partial charge in [0.05, 0.1) is 15.5 Å². The Hall–Kier alpha value is -0.370. The van der Waals surface area contributed by atoms with Gasteiger partial charge in [-0.2, -0.15) is 0 Å². The monoisotopic (exact) mass is 312 g/mol. The van der Waals surface area contributed by atoms with Crippen molar-refractivity contribution in [2.24, 2.45) is 0 Å². The maximum absolute atomic E-state index is 10.9. The quantitative estimate of drug-likeness (QED) is 0.839. The molecular formula is C7H9IN2O2S. The van der Waals surface area contributed by atoms with Gasteiger partial charge in [-0.25, -0.2) is 8.42 Å². The van der Waals surface area contributed by atoms with E-state index in [-0.39, 0.29) is 0 Å². The van der Waals surface area contributed by atoms with E-state index in [0.29, 0.717) is 5.69 Å². The summed E-state index contributed by atoms with van der Waals surface area (Å²) >= 11 is 2.03. The Morgan fingerprint density at radius 1 is 1.54 bits per heavy atom. The van der Waals surface area contributed by atoms with Gasteiger partial charge < -0.3 is 0 Å². The van der Waals surface area contributed by atoms with Gasteiger partial charge in [0.25, 0.3) is 0 Å². The second-order valence-electron chi connectivity index (χ2n) is 2.68. The SMILES string of the molecule is Cc1cc(NS(C)(=O)=O)c(I)cn1. The molecule has 0 amide bonds. The summed E-state index contributed by atoms with van der Waals surface area (Å²) in [6.07, 6.45) is 2.75. The van der Waals surface area contributed by atoms with E-state index in [2.05, 4.69) is 9.71 Å². The van der Waals surface area contributed by atoms with Crippen LogP contribution in [0.3, 0.4) is 0 Å². The summed E-state index contributed by atoms with van der Waals surface area (Å²) in [7, 11) is -3.20. The molecule has 0 saturated heterocycles. The standard InChI is InChI=1S/C7H9IN2O2S/c1-5-3-7(6(8)4-9-5)10-13(2,11)12/h3-4H,1-2H3,(H,9,10). The molecule has 1 rings (SSSR count). The molecule has 0 atom stereocenters. The third-order valence-corrected chi connectivity index (χ3v) is 2.74. The topological polar surface area (TPSA) is 59.1 Å². The number of halogens is 1. The normalized spacial score (nSPS) is 11.3. The first-order chi connectivity index (χ1) is 5.88. The lowest BCUT2D eigenvalue weighted by atomic mass is 10.3. The molecule has 13 heavy (non-hydrogen) atoms. The van der Waals surface area contributed by atoms with Gasteiger partial charge in [-0.05, 0) is 35.6 Å². The summed E-state index contributed by atoms with van der Waals surface area (Å²) in [6, 6.07) is 1.70. The van der Waals surface area contributed by atoms with Crippen LogP contribution in [0.15, 0.2) is 12.3 Å². The first kappa shape index (κ1) is 10.7. The van der Waals surface area contributed by atoms with Crippen LogP contribution in [0, 0.1) is 10.5 Å². The molecular weight excluding hydrogens is 303 g/mol. The minimum absolute atomic E-state index is 0.579. The minimum atomic E-state index is -3.20. The number of pyridine rings is 1. The number of aryl methyl sites for hydroxylation is 1. The zero-order valence-corrected chi connectivity index (χ0v) is 10.2. The molecule has 1 heterocycles. The van der Waals surface area contributed by atoms with Crippen molar-refractivity contribution in [1.29, 1.82) is 0 Å². The molecule has 0 aliphatic heterocycles. The van der Waals surface area contributed by atoms with Crippen molar-refractivity contribution in [2.75, 3.05) is 11.0 Å². The Labute approximate surface area is 91.0 Å². The number of nitrogens with one attached hydrogen (secondary N) is 1. The van der Waals surface area contributed by atoms with Crippen LogP contribution in [0.25, 0.3) is 0 Å². The predicted molar refractivity (Wildman–Crippen MR) is 60.2 cm³/mol. The highest BCUT2D eigenvalue weighted by Crippen LogP contribution is 2.18. The summed E-state index contributed by atoms with van der Waals surface area (Å²) < 4.78 is 25.1. The Kier molecular flexibility index (Phi) is 3.12. The highest BCUT2D eigenvalue weighted by Gasteiger charge is 2.05. The molecule has 4 nitrogen and oxygen atoms in total. The summed E-state index contributed by atoms with van der Waals surface area (Å²) in [5, 5.41) is 0. The number of anilines is 1. The molecule has 0 bridgehead atoms. The van der Waals surface area contributed by atoms with Crippen molar-refractivity contribution in [2.45, 2.75) is 6.92 Å². The Morgan fingerprint density at radius 2 is 2.15 bits per heavy atom. The van der Waals surface area contributed by atoms with Gasteiger partial charge in [0, 0.05) is 11.9 Å². The second-order valence-corrected chi connectivity index (χ2v) is 5.59. The molecule has 6 heteroatoms. The maximum atomic E-state index is 10.9. The predicted octanol–water partition coefficient (Wildman–Crippen LogP) is 1.37. The first-order valence-electron chi connectivity index (χ1n) is 3.48. The second kappa shape index (κ2) is 3.79. The van der Waals surface area contributed by atoms with Crippen LogP contribution in [0.5, 0.6) is 0 Å². The van der Waals surface area contributed by atoms with Gasteiger partial charge in [-0.3, -0.25) is 9.71 Å². The fourth-order valence-corrected chi connectivity index (χ4v) is 2.00. The van der Waals surface area contributed by atoms with E-state index in [1.54, 1.807) is 12.3 Å². The van der Waals surface area contributed by atoms with Crippen LogP contribution >= 0.6 is 22.6 Å². The van der Waals surface area contributed by atoms with Crippen LogP contribution < -0.4 is 4.72 Å². The van der Waals surface area contributed by atoms with Crippen molar-refractivity contribution < 1.29 is 8.42 Å². The number of hydrogen-bond donors (Lipinski definition) is 1. The molecule has 72 valence electrons. The summed E-state index contributed by atoms with van der Waals surface area (Å²) in [5.41, 5.74) is 1.36. The maximum Gasteiger partial charge on any atom is 0.229 e. The van der Waals surface area contributed by atoms with Crippen molar-refractivity contribution in [3.05, 3.63) is 21.5 Å². The number of rotatable bonds is 2. The highest BCUT2D eigenvalue weighted by atomic mass is 127. The fourth-order valence-electron chi connectivity index (χ4n) is 0.821. The number of hydrogen-bond acceptors (Lipinski definition) is 3. The summed E-state index contributed by atoms with van der Waals surface area (Å²) in [6.45, 7) is 1.81. The molecule has 0 spiro atoms. The van der Waals surface area contributed by atoms with Gasteiger partial charge >= 0.3 is 0 Å². The zero-order valence-electron chi connectivity index (χ0n) is 7.20. The number of sulfonamides is 1. The first-order valence-corrected chi connectivity index (χ1v) is 6.45. The van der Waals surface area contributed by atoms with Crippen LogP contribution in [0.1, 0.15) is 5.69 Å². The largest absolute Gasteiger partial charge is 0.283 e. The lowest BCUT2D eigenvalue weighted by molar-refractivity contribution is 0.607. The average Bonchev–Trinajstić information content (AvgIpc) is 1.94. The number of aromatic nitrogens is 1. The van der Waals surface area contributed by atoms with Gasteiger partial charge in [0.2, 0.25) is 10.0 Å². The van der Waals surface area contributed by atoms with Gasteiger partial charge in [0.1, 0.15) is 0 Å². The lowest BCUT2D eigenvalue weighted by Gasteiger charge is -2.06. The van der Waals surface area contributed by atoms with E-state index in [4.69, 9.17) is 0 Å². The van der Waals surface area contributed by atoms with E-state index in [1.165, 1.54) is 0 Å². The van der Waals surface area contributed by atoms with Gasteiger partial charge in [0.15, 0.2) is 0 Å². The van der Waals surface area contributed by atoms with Gasteiger partial charge in [-0.15, -0.1) is 0 Å². The molecule has 0 radical (unpaired) electrons. The van der Waals surface area contributed by atoms with Crippen LogP contribution in [-0.2, 0) is 10.0 Å². The van der Waals surface area contributed by atoms with Crippen LogP contribution in [-0.4, -0.2) is 19.7 Å². The van der Waals surface area contributed by atoms with E-state index in [1.807, 2.05) is 29.5 Å². The molecule has 1 aromatic rings. The average molecular weight is 312 g/mol. The Bertz CT molecular complexity index is 417. The molecule has 0 aliphatic rings. The third-order valence-electron chi connectivity index (χ3n) is 1.29. The van der Waals surface area contributed by atoms with Crippen molar-refractivity contribution in [1.82, 2.24) is 4.98 Å². The minimum Gasteiger partial charge on any atom is -0.283 e. The molecule has 1 aromatic heterocycles. The number of nitrogens with zero attached hydrogens (tertiary/aromatic N) is 1. The van der Waals surface area contributed by atoms with E-state index in [0.717, 1.165) is 15.5 Å². The highest BCUT2D eigenvalue weighted by molar-refractivity contribution is 14.1. The summed E-state index contributed by atoms with van der Waals surface area (Å²) in [4.78, 5) is 4.03. The fraction of sp³-hybridized carbons (Fsp3) is 0.286.